The maximum absolute atomic E-state index is 4.90. The first-order valence-electron chi connectivity index (χ1n) is 2.71. The van der Waals surface area contributed by atoms with E-state index in [1.54, 1.807) is 11.8 Å². The summed E-state index contributed by atoms with van der Waals surface area (Å²) in [5.41, 5.74) is 0. The topological polar surface area (TPSA) is 12.0 Å². The molecule has 1 nitrogen and oxygen atoms in total. The van der Waals surface area contributed by atoms with E-state index in [0.29, 0.717) is 0 Å². The Hall–Kier alpha value is 2.37. The van der Waals surface area contributed by atoms with Crippen molar-refractivity contribution in [2.24, 2.45) is 0 Å². The van der Waals surface area contributed by atoms with Gasteiger partial charge in [0.15, 0.2) is 0 Å². The molecule has 58 valence electrons. The Kier molecular flexibility index (Phi) is 25.4. The summed E-state index contributed by atoms with van der Waals surface area (Å²) in [7, 11) is 0. The molecule has 0 heterocycles. The standard InChI is InChI=1S/C5H11NS2.Ca.In.5H/c1-3-6-5(7)8-4-2;;;;;;;/h3-4H2,1-2H3,(H,6,7);;;;;;;/q;+2;;;;;2*-1. The zero-order chi connectivity index (χ0) is 6.41. The number of hydrogen-bond acceptors (Lipinski definition) is 2. The van der Waals surface area contributed by atoms with Crippen LogP contribution in [0.4, 0.5) is 0 Å². The molecule has 0 atom stereocenters. The fourth-order valence-electron chi connectivity index (χ4n) is 0.326. The van der Waals surface area contributed by atoms with E-state index in [2.05, 4.69) is 12.2 Å². The number of nitrogens with one attached hydrogen (secondary N) is 1. The Morgan fingerprint density at radius 3 is 2.40 bits per heavy atom. The second kappa shape index (κ2) is 13.9. The van der Waals surface area contributed by atoms with Gasteiger partial charge < -0.3 is 8.17 Å². The van der Waals surface area contributed by atoms with Crippen LogP contribution in [0.1, 0.15) is 16.7 Å². The Balaban J connectivity index is -0.0000000408. The van der Waals surface area contributed by atoms with Crippen molar-refractivity contribution in [2.75, 3.05) is 12.3 Å². The molecule has 5 heteroatoms. The molecule has 0 saturated heterocycles. The summed E-state index contributed by atoms with van der Waals surface area (Å²) in [6.07, 6.45) is 0. The summed E-state index contributed by atoms with van der Waals surface area (Å²) < 4.78 is 0.912. The van der Waals surface area contributed by atoms with Gasteiger partial charge in [-0.05, 0) is 12.7 Å². The minimum atomic E-state index is 0. The van der Waals surface area contributed by atoms with Crippen LogP contribution in [-0.2, 0) is 0 Å². The van der Waals surface area contributed by atoms with E-state index < -0.39 is 0 Å². The molecule has 0 aliphatic rings. The predicted molar refractivity (Wildman–Crippen MR) is 62.3 cm³/mol. The van der Waals surface area contributed by atoms with E-state index in [-0.39, 0.29) is 66.4 Å². The molecule has 0 saturated carbocycles. The van der Waals surface area contributed by atoms with Crippen molar-refractivity contribution in [3.63, 3.8) is 0 Å². The van der Waals surface area contributed by atoms with E-state index in [4.69, 9.17) is 12.2 Å². The number of thiocarbonyl (C=S) groups is 1. The van der Waals surface area contributed by atoms with E-state index >= 15 is 0 Å². The molecular weight excluding hydrogens is 293 g/mol. The third kappa shape index (κ3) is 13.0. The van der Waals surface area contributed by atoms with Gasteiger partial charge in [0, 0.05) is 6.54 Å². The Morgan fingerprint density at radius 2 is 2.10 bits per heavy atom. The fraction of sp³-hybridized carbons (Fsp3) is 0.800. The molecular formula is C5H16CaInNS2. The van der Waals surface area contributed by atoms with Gasteiger partial charge in [0.25, 0.3) is 0 Å². The Labute approximate surface area is 124 Å². The van der Waals surface area contributed by atoms with Crippen molar-refractivity contribution >= 4 is 91.9 Å². The van der Waals surface area contributed by atoms with Gasteiger partial charge in [-0.1, -0.05) is 30.9 Å². The average Bonchev–Trinajstić information content (AvgIpc) is 1.68. The minimum absolute atomic E-state index is 0. The molecule has 0 aliphatic heterocycles. The molecule has 0 aromatic heterocycles. The fourth-order valence-corrected chi connectivity index (χ4v) is 1.33. The summed E-state index contributed by atoms with van der Waals surface area (Å²) in [6.45, 7) is 5.07. The summed E-state index contributed by atoms with van der Waals surface area (Å²) >= 11 is 6.58. The second-order valence-corrected chi connectivity index (χ2v) is 3.19. The Morgan fingerprint density at radius 1 is 1.60 bits per heavy atom. The monoisotopic (exact) mass is 309 g/mol. The van der Waals surface area contributed by atoms with Gasteiger partial charge in [-0.2, -0.15) is 0 Å². The molecule has 0 bridgehead atoms. The summed E-state index contributed by atoms with van der Waals surface area (Å²) in [6, 6.07) is 0. The summed E-state index contributed by atoms with van der Waals surface area (Å²) in [5.74, 6) is 1.06. The first-order chi connectivity index (χ1) is 3.81. The van der Waals surface area contributed by atoms with Crippen LogP contribution >= 0.6 is 24.0 Å². The van der Waals surface area contributed by atoms with Crippen LogP contribution in [0.15, 0.2) is 0 Å². The quantitative estimate of drug-likeness (QED) is 0.582. The zero-order valence-corrected chi connectivity index (χ0v) is 9.78. The average molecular weight is 309 g/mol. The molecule has 0 rings (SSSR count). The molecule has 0 radical (unpaired) electrons. The van der Waals surface area contributed by atoms with Crippen LogP contribution in [0.3, 0.4) is 0 Å². The molecule has 10 heavy (non-hydrogen) atoms. The van der Waals surface area contributed by atoms with Crippen LogP contribution in [0.2, 0.25) is 0 Å². The Bertz CT molecular complexity index is 81.8. The van der Waals surface area contributed by atoms with E-state index in [0.717, 1.165) is 16.6 Å². The van der Waals surface area contributed by atoms with Crippen LogP contribution in [0.25, 0.3) is 0 Å². The number of hydrogen-bond donors (Lipinski definition) is 1. The summed E-state index contributed by atoms with van der Waals surface area (Å²) in [4.78, 5) is 0. The normalized spacial score (nSPS) is 7.00. The predicted octanol–water partition coefficient (Wildman–Crippen LogP) is 0.294. The van der Waals surface area contributed by atoms with Gasteiger partial charge in [0.2, 0.25) is 0 Å². The van der Waals surface area contributed by atoms with Gasteiger partial charge in [-0.3, -0.25) is 0 Å². The van der Waals surface area contributed by atoms with Crippen molar-refractivity contribution in [1.29, 1.82) is 0 Å². The van der Waals surface area contributed by atoms with Crippen molar-refractivity contribution in [3.8, 4) is 0 Å². The summed E-state index contributed by atoms with van der Waals surface area (Å²) in [5, 5.41) is 3.04. The molecule has 0 aromatic rings. The van der Waals surface area contributed by atoms with Crippen molar-refractivity contribution in [3.05, 3.63) is 0 Å². The van der Waals surface area contributed by atoms with Crippen LogP contribution in [-0.4, -0.2) is 80.2 Å². The van der Waals surface area contributed by atoms with Crippen molar-refractivity contribution in [2.45, 2.75) is 13.8 Å². The van der Waals surface area contributed by atoms with Gasteiger partial charge >= 0.3 is 63.6 Å². The van der Waals surface area contributed by atoms with Crippen LogP contribution in [0, 0.1) is 0 Å². The molecule has 1 N–H and O–H groups in total. The molecule has 0 amide bonds. The number of thioether (sulfide) groups is 1. The van der Waals surface area contributed by atoms with Crippen LogP contribution in [0.5, 0.6) is 0 Å². The van der Waals surface area contributed by atoms with Gasteiger partial charge in [0.05, 0.1) is 0 Å². The molecule has 0 spiro atoms. The second-order valence-electron chi connectivity index (χ2n) is 1.25. The SMILES string of the molecule is CCNC(=S)SCC.[Ca+2].[H-].[H-].[InH3]. The molecule has 0 fully saturated rings. The van der Waals surface area contributed by atoms with Gasteiger partial charge in [-0.25, -0.2) is 0 Å². The van der Waals surface area contributed by atoms with E-state index in [9.17, 15) is 0 Å². The van der Waals surface area contributed by atoms with E-state index in [1.807, 2.05) is 6.92 Å². The first kappa shape index (κ1) is 18.2. The molecule has 0 aliphatic carbocycles. The molecule has 0 aromatic carbocycles. The third-order valence-corrected chi connectivity index (χ3v) is 1.79. The van der Waals surface area contributed by atoms with E-state index in [1.165, 1.54) is 0 Å². The molecule has 0 unspecified atom stereocenters. The van der Waals surface area contributed by atoms with Gasteiger partial charge in [-0.15, -0.1) is 0 Å². The first-order valence-corrected chi connectivity index (χ1v) is 4.11. The van der Waals surface area contributed by atoms with Crippen molar-refractivity contribution < 1.29 is 2.85 Å². The van der Waals surface area contributed by atoms with Crippen molar-refractivity contribution in [1.82, 2.24) is 5.32 Å². The zero-order valence-electron chi connectivity index (χ0n) is 7.94. The third-order valence-electron chi connectivity index (χ3n) is 0.597. The van der Waals surface area contributed by atoms with Crippen LogP contribution < -0.4 is 5.32 Å². The number of rotatable bonds is 2. The van der Waals surface area contributed by atoms with Gasteiger partial charge in [0.1, 0.15) is 4.32 Å². The maximum atomic E-state index is 4.90.